The Morgan fingerprint density at radius 3 is 2.08 bits per heavy atom. The van der Waals surface area contributed by atoms with E-state index >= 15 is 0 Å². The van der Waals surface area contributed by atoms with E-state index in [4.69, 9.17) is 0 Å². The minimum Gasteiger partial charge on any atom is -0.241 e. The van der Waals surface area contributed by atoms with Crippen LogP contribution >= 0.6 is 0 Å². The molecule has 0 aliphatic carbocycles. The maximum absolute atomic E-state index is 4.34. The van der Waals surface area contributed by atoms with Crippen molar-refractivity contribution in [3.05, 3.63) is 96.3 Å². The zero-order valence-corrected chi connectivity index (χ0v) is 14.5. The Balaban J connectivity index is 1.80. The second-order valence-electron chi connectivity index (χ2n) is 6.35. The third-order valence-electron chi connectivity index (χ3n) is 4.54. The summed E-state index contributed by atoms with van der Waals surface area (Å²) in [5.41, 5.74) is 8.70. The zero-order chi connectivity index (χ0) is 17.2. The van der Waals surface area contributed by atoms with Crippen molar-refractivity contribution < 1.29 is 0 Å². The second-order valence-corrected chi connectivity index (χ2v) is 6.35. The van der Waals surface area contributed by atoms with E-state index in [2.05, 4.69) is 85.7 Å². The van der Waals surface area contributed by atoms with Gasteiger partial charge in [0.1, 0.15) is 0 Å². The maximum Gasteiger partial charge on any atom is 0.0651 e. The van der Waals surface area contributed by atoms with Gasteiger partial charge in [0.15, 0.2) is 0 Å². The van der Waals surface area contributed by atoms with Gasteiger partial charge in [-0.15, -0.1) is 0 Å². The number of nitrogens with zero attached hydrogens (tertiary/aromatic N) is 2. The molecule has 0 spiro atoms. The molecule has 0 fully saturated rings. The molecule has 2 nitrogen and oxygen atoms in total. The van der Waals surface area contributed by atoms with E-state index in [-0.39, 0.29) is 0 Å². The van der Waals surface area contributed by atoms with Crippen LogP contribution < -0.4 is 0 Å². The van der Waals surface area contributed by atoms with Gasteiger partial charge in [0.05, 0.1) is 5.69 Å². The Morgan fingerprint density at radius 2 is 1.40 bits per heavy atom. The standard InChI is InChI=1S/C23H20N2/c1-17-14-21(19-8-4-3-5-9-19)15-18(2)23(17)20-10-6-11-22(16-20)25-13-7-12-24-25/h3-16H,1-2H3. The first-order chi connectivity index (χ1) is 12.2. The Labute approximate surface area is 148 Å². The lowest BCUT2D eigenvalue weighted by Crippen LogP contribution is -1.96. The number of hydrogen-bond donors (Lipinski definition) is 0. The lowest BCUT2D eigenvalue weighted by molar-refractivity contribution is 0.881. The lowest BCUT2D eigenvalue weighted by Gasteiger charge is -2.14. The highest BCUT2D eigenvalue weighted by atomic mass is 15.3. The van der Waals surface area contributed by atoms with Crippen LogP contribution in [-0.4, -0.2) is 9.78 Å². The largest absolute Gasteiger partial charge is 0.241 e. The molecule has 0 bridgehead atoms. The van der Waals surface area contributed by atoms with Crippen LogP contribution in [0.5, 0.6) is 0 Å². The van der Waals surface area contributed by atoms with E-state index in [0.717, 1.165) is 5.69 Å². The Morgan fingerprint density at radius 1 is 0.680 bits per heavy atom. The van der Waals surface area contributed by atoms with Crippen molar-refractivity contribution in [2.24, 2.45) is 0 Å². The van der Waals surface area contributed by atoms with Crippen molar-refractivity contribution in [1.29, 1.82) is 0 Å². The van der Waals surface area contributed by atoms with Crippen LogP contribution in [0.15, 0.2) is 85.2 Å². The molecule has 0 unspecified atom stereocenters. The van der Waals surface area contributed by atoms with E-state index in [1.165, 1.54) is 33.4 Å². The van der Waals surface area contributed by atoms with Gasteiger partial charge in [-0.3, -0.25) is 0 Å². The van der Waals surface area contributed by atoms with Gasteiger partial charge in [-0.25, -0.2) is 4.68 Å². The highest BCUT2D eigenvalue weighted by Gasteiger charge is 2.10. The normalized spacial score (nSPS) is 10.8. The van der Waals surface area contributed by atoms with Crippen LogP contribution in [0.25, 0.3) is 27.9 Å². The fraction of sp³-hybridized carbons (Fsp3) is 0.0870. The Hall–Kier alpha value is -3.13. The van der Waals surface area contributed by atoms with Crippen molar-refractivity contribution in [2.75, 3.05) is 0 Å². The number of rotatable bonds is 3. The molecule has 0 aliphatic rings. The predicted octanol–water partition coefficient (Wildman–Crippen LogP) is 5.82. The van der Waals surface area contributed by atoms with E-state index in [9.17, 15) is 0 Å². The molecule has 0 saturated heterocycles. The van der Waals surface area contributed by atoms with Gasteiger partial charge in [-0.2, -0.15) is 5.10 Å². The molecule has 4 rings (SSSR count). The number of aryl methyl sites for hydroxylation is 2. The third kappa shape index (κ3) is 2.99. The number of aromatic nitrogens is 2. The van der Waals surface area contributed by atoms with Crippen molar-refractivity contribution in [2.45, 2.75) is 13.8 Å². The SMILES string of the molecule is Cc1cc(-c2ccccc2)cc(C)c1-c1cccc(-n2cccn2)c1. The highest BCUT2D eigenvalue weighted by molar-refractivity contribution is 5.77. The van der Waals surface area contributed by atoms with E-state index in [0.29, 0.717) is 0 Å². The Kier molecular flexibility index (Phi) is 3.95. The van der Waals surface area contributed by atoms with Gasteiger partial charge in [-0.05, 0) is 65.4 Å². The summed E-state index contributed by atoms with van der Waals surface area (Å²) in [5, 5.41) is 4.34. The highest BCUT2D eigenvalue weighted by Crippen LogP contribution is 2.32. The van der Waals surface area contributed by atoms with Crippen LogP contribution in [-0.2, 0) is 0 Å². The van der Waals surface area contributed by atoms with Gasteiger partial charge < -0.3 is 0 Å². The average Bonchev–Trinajstić information content (AvgIpc) is 3.17. The monoisotopic (exact) mass is 324 g/mol. The summed E-state index contributed by atoms with van der Waals surface area (Å²) in [5.74, 6) is 0. The quantitative estimate of drug-likeness (QED) is 0.464. The van der Waals surface area contributed by atoms with Gasteiger partial charge in [0.2, 0.25) is 0 Å². The number of hydrogen-bond acceptors (Lipinski definition) is 1. The van der Waals surface area contributed by atoms with Gasteiger partial charge in [-0.1, -0.05) is 54.6 Å². The zero-order valence-electron chi connectivity index (χ0n) is 14.5. The van der Waals surface area contributed by atoms with Crippen LogP contribution in [0.4, 0.5) is 0 Å². The summed E-state index contributed by atoms with van der Waals surface area (Å²) in [4.78, 5) is 0. The van der Waals surface area contributed by atoms with E-state index in [1.807, 2.05) is 16.9 Å². The molecule has 0 amide bonds. The molecule has 0 radical (unpaired) electrons. The lowest BCUT2D eigenvalue weighted by atomic mass is 9.91. The molecule has 25 heavy (non-hydrogen) atoms. The molecule has 0 N–H and O–H groups in total. The van der Waals surface area contributed by atoms with Crippen molar-refractivity contribution in [1.82, 2.24) is 9.78 Å². The third-order valence-corrected chi connectivity index (χ3v) is 4.54. The van der Waals surface area contributed by atoms with E-state index < -0.39 is 0 Å². The second kappa shape index (κ2) is 6.40. The minimum absolute atomic E-state index is 1.08. The minimum atomic E-state index is 1.08. The van der Waals surface area contributed by atoms with Crippen LogP contribution in [0, 0.1) is 13.8 Å². The predicted molar refractivity (Wildman–Crippen MR) is 104 cm³/mol. The fourth-order valence-electron chi connectivity index (χ4n) is 3.44. The molecule has 122 valence electrons. The molecule has 0 aliphatic heterocycles. The molecule has 2 heteroatoms. The molecule has 1 aromatic heterocycles. The summed E-state index contributed by atoms with van der Waals surface area (Å²) < 4.78 is 1.90. The first-order valence-electron chi connectivity index (χ1n) is 8.49. The molecule has 4 aromatic rings. The summed E-state index contributed by atoms with van der Waals surface area (Å²) in [6.07, 6.45) is 3.77. The summed E-state index contributed by atoms with van der Waals surface area (Å²) in [6, 6.07) is 25.6. The molecule has 1 heterocycles. The van der Waals surface area contributed by atoms with Crippen molar-refractivity contribution in [3.8, 4) is 27.9 Å². The van der Waals surface area contributed by atoms with Gasteiger partial charge in [0, 0.05) is 12.4 Å². The van der Waals surface area contributed by atoms with Crippen LogP contribution in [0.2, 0.25) is 0 Å². The van der Waals surface area contributed by atoms with Crippen molar-refractivity contribution in [3.63, 3.8) is 0 Å². The molecular weight excluding hydrogens is 304 g/mol. The summed E-state index contributed by atoms with van der Waals surface area (Å²) in [6.45, 7) is 4.38. The van der Waals surface area contributed by atoms with Crippen LogP contribution in [0.3, 0.4) is 0 Å². The molecule has 0 atom stereocenters. The van der Waals surface area contributed by atoms with E-state index in [1.54, 1.807) is 6.20 Å². The fourth-order valence-corrected chi connectivity index (χ4v) is 3.44. The Bertz CT molecular complexity index is 976. The average molecular weight is 324 g/mol. The maximum atomic E-state index is 4.34. The van der Waals surface area contributed by atoms with Crippen molar-refractivity contribution >= 4 is 0 Å². The van der Waals surface area contributed by atoms with Gasteiger partial charge in [0.25, 0.3) is 0 Å². The van der Waals surface area contributed by atoms with Crippen LogP contribution in [0.1, 0.15) is 11.1 Å². The van der Waals surface area contributed by atoms with Gasteiger partial charge >= 0.3 is 0 Å². The molecule has 0 saturated carbocycles. The first-order valence-corrected chi connectivity index (χ1v) is 8.49. The topological polar surface area (TPSA) is 17.8 Å². The summed E-state index contributed by atoms with van der Waals surface area (Å²) >= 11 is 0. The smallest absolute Gasteiger partial charge is 0.0651 e. The molecular formula is C23H20N2. The first kappa shape index (κ1) is 15.4. The summed E-state index contributed by atoms with van der Waals surface area (Å²) in [7, 11) is 0. The number of benzene rings is 3. The molecule has 3 aromatic carbocycles.